The number of anilines is 1. The molecule has 3 aromatic rings. The maximum Gasteiger partial charge on any atom is 0.362 e. The van der Waals surface area contributed by atoms with Crippen molar-refractivity contribution < 1.29 is 23.0 Å². The zero-order valence-corrected chi connectivity index (χ0v) is 18.5. The minimum absolute atomic E-state index is 0.0174. The third-order valence-electron chi connectivity index (χ3n) is 5.43. The predicted octanol–water partition coefficient (Wildman–Crippen LogP) is 3.11. The minimum Gasteiger partial charge on any atom is -0.461 e. The monoisotopic (exact) mass is 455 g/mol. The topological polar surface area (TPSA) is 73.7 Å². The van der Waals surface area contributed by atoms with Gasteiger partial charge in [-0.15, -0.1) is 0 Å². The first-order valence-corrected chi connectivity index (χ1v) is 10.9. The average molecular weight is 455 g/mol. The highest BCUT2D eigenvalue weighted by Gasteiger charge is 2.25. The summed E-state index contributed by atoms with van der Waals surface area (Å²) in [7, 11) is 0.658. The normalized spacial score (nSPS) is 14.3. The summed E-state index contributed by atoms with van der Waals surface area (Å²) < 4.78 is 37.5. The van der Waals surface area contributed by atoms with Crippen molar-refractivity contribution in [3.05, 3.63) is 58.4 Å². The van der Waals surface area contributed by atoms with Gasteiger partial charge < -0.3 is 14.4 Å². The Morgan fingerprint density at radius 3 is 2.45 bits per heavy atom. The fourth-order valence-corrected chi connectivity index (χ4v) is 4.05. The van der Waals surface area contributed by atoms with Crippen LogP contribution in [-0.2, 0) is 4.74 Å². The SMILES string of the molecule is BC(F)(F)Oc1ccc(-n2nc(C(=O)OCC)c(=O)c3c(N4CCCCC4)cccc32)cc1. The number of esters is 1. The van der Waals surface area contributed by atoms with Crippen LogP contribution in [0.4, 0.5) is 14.5 Å². The fourth-order valence-electron chi connectivity index (χ4n) is 4.05. The zero-order chi connectivity index (χ0) is 23.6. The first-order chi connectivity index (χ1) is 15.8. The number of ether oxygens (including phenoxy) is 2. The lowest BCUT2D eigenvalue weighted by molar-refractivity contribution is -0.0972. The Balaban J connectivity index is 1.91. The van der Waals surface area contributed by atoms with Gasteiger partial charge in [0, 0.05) is 13.1 Å². The molecule has 1 fully saturated rings. The molecule has 0 N–H and O–H groups in total. The van der Waals surface area contributed by atoms with Gasteiger partial charge in [0.1, 0.15) is 5.75 Å². The molecule has 4 rings (SSSR count). The first kappa shape index (κ1) is 22.8. The summed E-state index contributed by atoms with van der Waals surface area (Å²) in [6, 6.07) is 7.99. The van der Waals surface area contributed by atoms with Gasteiger partial charge in [0.15, 0.2) is 0 Å². The Morgan fingerprint density at radius 2 is 1.82 bits per heavy atom. The summed E-state index contributed by atoms with van der Waals surface area (Å²) in [6.07, 6.45) is 3.17. The number of carbonyl (C=O) groups excluding carboxylic acids is 1. The molecule has 0 spiro atoms. The fraction of sp³-hybridized carbons (Fsp3) is 0.348. The summed E-state index contributed by atoms with van der Waals surface area (Å²) >= 11 is 0. The van der Waals surface area contributed by atoms with Crippen LogP contribution in [-0.4, -0.2) is 49.3 Å². The summed E-state index contributed by atoms with van der Waals surface area (Å²) in [5.74, 6) is -0.826. The summed E-state index contributed by atoms with van der Waals surface area (Å²) in [5.41, 5.74) is 0.906. The number of alkyl halides is 2. The molecular formula is C23H24BF2N3O4. The van der Waals surface area contributed by atoms with Crippen LogP contribution in [0, 0.1) is 0 Å². The maximum atomic E-state index is 13.4. The van der Waals surface area contributed by atoms with E-state index in [4.69, 9.17) is 4.74 Å². The van der Waals surface area contributed by atoms with Crippen molar-refractivity contribution in [1.82, 2.24) is 9.78 Å². The van der Waals surface area contributed by atoms with E-state index in [-0.39, 0.29) is 18.1 Å². The van der Waals surface area contributed by atoms with Gasteiger partial charge in [-0.2, -0.15) is 13.9 Å². The van der Waals surface area contributed by atoms with Crippen LogP contribution in [0.25, 0.3) is 16.6 Å². The number of rotatable bonds is 6. The minimum atomic E-state index is -3.32. The number of piperidine rings is 1. The van der Waals surface area contributed by atoms with E-state index in [1.54, 1.807) is 25.1 Å². The predicted molar refractivity (Wildman–Crippen MR) is 123 cm³/mol. The molecule has 0 atom stereocenters. The molecule has 172 valence electrons. The molecular weight excluding hydrogens is 431 g/mol. The summed E-state index contributed by atoms with van der Waals surface area (Å²) in [4.78, 5) is 28.1. The first-order valence-electron chi connectivity index (χ1n) is 10.9. The third-order valence-corrected chi connectivity index (χ3v) is 5.43. The van der Waals surface area contributed by atoms with E-state index < -0.39 is 17.4 Å². The van der Waals surface area contributed by atoms with Gasteiger partial charge in [-0.25, -0.2) is 9.48 Å². The quantitative estimate of drug-likeness (QED) is 0.420. The van der Waals surface area contributed by atoms with Gasteiger partial charge in [0.2, 0.25) is 19.0 Å². The third kappa shape index (κ3) is 4.84. The van der Waals surface area contributed by atoms with E-state index in [9.17, 15) is 18.4 Å². The van der Waals surface area contributed by atoms with E-state index in [0.29, 0.717) is 24.4 Å². The molecule has 1 aromatic heterocycles. The molecule has 0 radical (unpaired) electrons. The number of nitrogens with zero attached hydrogens (tertiary/aromatic N) is 3. The Labute approximate surface area is 190 Å². The Hall–Kier alpha value is -3.43. The van der Waals surface area contributed by atoms with Gasteiger partial charge in [0.25, 0.3) is 0 Å². The average Bonchev–Trinajstić information content (AvgIpc) is 2.79. The van der Waals surface area contributed by atoms with Crippen molar-refractivity contribution in [3.8, 4) is 11.4 Å². The second-order valence-electron chi connectivity index (χ2n) is 7.93. The van der Waals surface area contributed by atoms with E-state index in [2.05, 4.69) is 14.7 Å². The Bertz CT molecular complexity index is 1220. The van der Waals surface area contributed by atoms with E-state index in [0.717, 1.165) is 38.0 Å². The van der Waals surface area contributed by atoms with Gasteiger partial charge in [-0.1, -0.05) is 6.07 Å². The standard InChI is InChI=1S/C23H24BF2N3O4/c1-2-32-22(31)20-21(30)19-17(28-13-4-3-5-14-28)7-6-8-18(19)29(27-20)15-9-11-16(12-10-15)33-23(24,25)26/h6-12H,2-5,13-14,24H2,1H3. The van der Waals surface area contributed by atoms with Crippen LogP contribution in [0.3, 0.4) is 0 Å². The van der Waals surface area contributed by atoms with Gasteiger partial charge in [-0.05, 0) is 62.6 Å². The Morgan fingerprint density at radius 1 is 1.12 bits per heavy atom. The summed E-state index contributed by atoms with van der Waals surface area (Å²) in [6.45, 7) is 3.38. The lowest BCUT2D eigenvalue weighted by Crippen LogP contribution is -2.32. The van der Waals surface area contributed by atoms with Crippen molar-refractivity contribution in [2.75, 3.05) is 24.6 Å². The molecule has 2 aromatic carbocycles. The van der Waals surface area contributed by atoms with E-state index >= 15 is 0 Å². The number of carbonyl (C=O) groups is 1. The number of fused-ring (bicyclic) bond motifs is 1. The number of hydrogen-bond donors (Lipinski definition) is 0. The molecule has 0 saturated carbocycles. The van der Waals surface area contributed by atoms with Crippen molar-refractivity contribution in [3.63, 3.8) is 0 Å². The molecule has 1 aliphatic heterocycles. The number of hydrogen-bond acceptors (Lipinski definition) is 6. The molecule has 2 heterocycles. The molecule has 33 heavy (non-hydrogen) atoms. The smallest absolute Gasteiger partial charge is 0.362 e. The molecule has 0 unspecified atom stereocenters. The van der Waals surface area contributed by atoms with Crippen LogP contribution in [0.2, 0.25) is 0 Å². The van der Waals surface area contributed by atoms with E-state index in [1.165, 1.54) is 16.8 Å². The lowest BCUT2D eigenvalue weighted by atomic mass is 10.1. The van der Waals surface area contributed by atoms with Crippen molar-refractivity contribution >= 4 is 30.4 Å². The number of aromatic nitrogens is 2. The second-order valence-corrected chi connectivity index (χ2v) is 7.93. The number of benzene rings is 2. The molecule has 1 aliphatic rings. The van der Waals surface area contributed by atoms with Crippen molar-refractivity contribution in [2.45, 2.75) is 32.2 Å². The van der Waals surface area contributed by atoms with Crippen LogP contribution < -0.4 is 15.1 Å². The highest BCUT2D eigenvalue weighted by Crippen LogP contribution is 2.29. The molecule has 10 heteroatoms. The molecule has 0 aliphatic carbocycles. The molecule has 0 bridgehead atoms. The molecule has 7 nitrogen and oxygen atoms in total. The zero-order valence-electron chi connectivity index (χ0n) is 18.5. The Kier molecular flexibility index (Phi) is 6.35. The largest absolute Gasteiger partial charge is 0.461 e. The van der Waals surface area contributed by atoms with Gasteiger partial charge in [0.05, 0.1) is 28.9 Å². The van der Waals surface area contributed by atoms with Crippen LogP contribution in [0.5, 0.6) is 5.75 Å². The maximum absolute atomic E-state index is 13.4. The van der Waals surface area contributed by atoms with Crippen molar-refractivity contribution in [2.24, 2.45) is 0 Å². The van der Waals surface area contributed by atoms with Crippen LogP contribution in [0.1, 0.15) is 36.7 Å². The van der Waals surface area contributed by atoms with Crippen LogP contribution in [0.15, 0.2) is 47.3 Å². The van der Waals surface area contributed by atoms with Crippen molar-refractivity contribution in [1.29, 1.82) is 0 Å². The summed E-state index contributed by atoms with van der Waals surface area (Å²) in [5, 5.41) is 4.67. The van der Waals surface area contributed by atoms with E-state index in [1.807, 2.05) is 12.1 Å². The lowest BCUT2D eigenvalue weighted by Gasteiger charge is -2.30. The highest BCUT2D eigenvalue weighted by atomic mass is 19.3. The number of halogens is 2. The van der Waals surface area contributed by atoms with Gasteiger partial charge in [-0.3, -0.25) is 4.79 Å². The highest BCUT2D eigenvalue weighted by molar-refractivity contribution is 6.12. The van der Waals surface area contributed by atoms with Crippen LogP contribution >= 0.6 is 0 Å². The molecule has 1 saturated heterocycles. The molecule has 0 amide bonds. The second kappa shape index (κ2) is 9.21. The van der Waals surface area contributed by atoms with Gasteiger partial charge >= 0.3 is 12.0 Å².